The first-order valence-electron chi connectivity index (χ1n) is 7.18. The number of nitrogens with zero attached hydrogens (tertiary/aromatic N) is 3. The van der Waals surface area contributed by atoms with Crippen LogP contribution < -0.4 is 5.32 Å². The zero-order valence-corrected chi connectivity index (χ0v) is 13.1. The average Bonchev–Trinajstić information content (AvgIpc) is 2.70. The van der Waals surface area contributed by atoms with E-state index in [-0.39, 0.29) is 11.6 Å². The fourth-order valence-electron chi connectivity index (χ4n) is 2.65. The Bertz CT molecular complexity index is 676. The Morgan fingerprint density at radius 2 is 2.14 bits per heavy atom. The molecule has 2 N–H and O–H groups in total. The quantitative estimate of drug-likeness (QED) is 0.885. The van der Waals surface area contributed by atoms with Gasteiger partial charge in [0.05, 0.1) is 16.8 Å². The summed E-state index contributed by atoms with van der Waals surface area (Å²) >= 11 is 0. The molecule has 0 saturated carbocycles. The molecule has 0 spiro atoms. The fourth-order valence-corrected chi connectivity index (χ4v) is 2.65. The number of carboxylic acid groups (broad SMARTS) is 1. The van der Waals surface area contributed by atoms with Gasteiger partial charge in [-0.2, -0.15) is 5.10 Å². The Hall–Kier alpha value is -2.11. The van der Waals surface area contributed by atoms with E-state index in [1.54, 1.807) is 4.68 Å². The highest BCUT2D eigenvalue weighted by atomic mass is 16.4. The van der Waals surface area contributed by atoms with Crippen LogP contribution in [0.5, 0.6) is 0 Å². The van der Waals surface area contributed by atoms with Crippen LogP contribution in [0.1, 0.15) is 43.2 Å². The molecule has 21 heavy (non-hydrogen) atoms. The summed E-state index contributed by atoms with van der Waals surface area (Å²) in [6, 6.07) is 0.202. The van der Waals surface area contributed by atoms with E-state index < -0.39 is 5.97 Å². The molecule has 6 nitrogen and oxygen atoms in total. The van der Waals surface area contributed by atoms with E-state index in [4.69, 9.17) is 0 Å². The molecule has 0 bridgehead atoms. The van der Waals surface area contributed by atoms with Crippen LogP contribution in [-0.4, -0.2) is 31.9 Å². The SMILES string of the molecule is CCC(Nc1c(C(=O)O)cnc2c1c(C)nn2C)C(C)C. The van der Waals surface area contributed by atoms with E-state index in [2.05, 4.69) is 36.2 Å². The summed E-state index contributed by atoms with van der Waals surface area (Å²) in [5, 5.41) is 18.0. The molecule has 0 aromatic carbocycles. The predicted molar refractivity (Wildman–Crippen MR) is 82.7 cm³/mol. The number of nitrogens with one attached hydrogen (secondary N) is 1. The van der Waals surface area contributed by atoms with E-state index >= 15 is 0 Å². The number of hydrogen-bond acceptors (Lipinski definition) is 4. The number of carboxylic acids is 1. The number of hydrogen-bond donors (Lipinski definition) is 2. The monoisotopic (exact) mass is 290 g/mol. The summed E-state index contributed by atoms with van der Waals surface area (Å²) in [6.07, 6.45) is 2.32. The number of anilines is 1. The Morgan fingerprint density at radius 1 is 1.48 bits per heavy atom. The second-order valence-corrected chi connectivity index (χ2v) is 5.66. The normalized spacial score (nSPS) is 12.9. The first kappa shape index (κ1) is 15.3. The van der Waals surface area contributed by atoms with Gasteiger partial charge in [-0.05, 0) is 19.3 Å². The van der Waals surface area contributed by atoms with E-state index in [9.17, 15) is 9.90 Å². The number of aromatic nitrogens is 3. The number of aromatic carboxylic acids is 1. The summed E-state index contributed by atoms with van der Waals surface area (Å²) in [5.41, 5.74) is 2.29. The number of fused-ring (bicyclic) bond motifs is 1. The smallest absolute Gasteiger partial charge is 0.339 e. The van der Waals surface area contributed by atoms with Crippen LogP contribution in [-0.2, 0) is 7.05 Å². The van der Waals surface area contributed by atoms with Crippen LogP contribution in [0.2, 0.25) is 0 Å². The number of pyridine rings is 1. The van der Waals surface area contributed by atoms with Crippen molar-refractivity contribution in [3.8, 4) is 0 Å². The average molecular weight is 290 g/mol. The molecule has 1 unspecified atom stereocenters. The highest BCUT2D eigenvalue weighted by Gasteiger charge is 2.22. The Labute approximate surface area is 124 Å². The lowest BCUT2D eigenvalue weighted by atomic mass is 10.0. The van der Waals surface area contributed by atoms with E-state index in [0.29, 0.717) is 17.3 Å². The van der Waals surface area contributed by atoms with Gasteiger partial charge >= 0.3 is 5.97 Å². The lowest BCUT2D eigenvalue weighted by molar-refractivity contribution is 0.0697. The van der Waals surface area contributed by atoms with Gasteiger partial charge in [-0.1, -0.05) is 20.8 Å². The number of carbonyl (C=O) groups is 1. The highest BCUT2D eigenvalue weighted by Crippen LogP contribution is 2.30. The molecule has 1 atom stereocenters. The van der Waals surface area contributed by atoms with Crippen molar-refractivity contribution < 1.29 is 9.90 Å². The molecule has 0 saturated heterocycles. The van der Waals surface area contributed by atoms with Gasteiger partial charge in [0.25, 0.3) is 0 Å². The Kier molecular flexibility index (Phi) is 4.16. The predicted octanol–water partition coefficient (Wildman–Crippen LogP) is 2.82. The fraction of sp³-hybridized carbons (Fsp3) is 0.533. The lowest BCUT2D eigenvalue weighted by Crippen LogP contribution is -2.26. The van der Waals surface area contributed by atoms with Crippen LogP contribution in [0.15, 0.2) is 6.20 Å². The van der Waals surface area contributed by atoms with Crippen molar-refractivity contribution in [1.82, 2.24) is 14.8 Å². The maximum atomic E-state index is 11.5. The van der Waals surface area contributed by atoms with Crippen LogP contribution in [0.25, 0.3) is 11.0 Å². The molecule has 6 heteroatoms. The Balaban J connectivity index is 2.67. The lowest BCUT2D eigenvalue weighted by Gasteiger charge is -2.23. The molecule has 0 aliphatic heterocycles. The summed E-state index contributed by atoms with van der Waals surface area (Å²) in [7, 11) is 1.81. The second-order valence-electron chi connectivity index (χ2n) is 5.66. The summed E-state index contributed by atoms with van der Waals surface area (Å²) in [5.74, 6) is -0.578. The van der Waals surface area contributed by atoms with Gasteiger partial charge < -0.3 is 10.4 Å². The van der Waals surface area contributed by atoms with Crippen molar-refractivity contribution in [2.45, 2.75) is 40.2 Å². The van der Waals surface area contributed by atoms with E-state index in [0.717, 1.165) is 17.5 Å². The maximum Gasteiger partial charge on any atom is 0.339 e. The van der Waals surface area contributed by atoms with Gasteiger partial charge in [0.1, 0.15) is 5.56 Å². The minimum Gasteiger partial charge on any atom is -0.478 e. The van der Waals surface area contributed by atoms with Crippen LogP contribution in [0, 0.1) is 12.8 Å². The molecule has 0 aliphatic rings. The maximum absolute atomic E-state index is 11.5. The number of aryl methyl sites for hydroxylation is 2. The van der Waals surface area contributed by atoms with Gasteiger partial charge in [-0.15, -0.1) is 0 Å². The zero-order valence-electron chi connectivity index (χ0n) is 13.1. The van der Waals surface area contributed by atoms with Crippen molar-refractivity contribution in [3.05, 3.63) is 17.5 Å². The van der Waals surface area contributed by atoms with Crippen molar-refractivity contribution in [1.29, 1.82) is 0 Å². The number of rotatable bonds is 5. The van der Waals surface area contributed by atoms with Crippen molar-refractivity contribution >= 4 is 22.7 Å². The molecule has 2 rings (SSSR count). The highest BCUT2D eigenvalue weighted by molar-refractivity contribution is 6.04. The Morgan fingerprint density at radius 3 is 2.67 bits per heavy atom. The summed E-state index contributed by atoms with van der Waals surface area (Å²) in [4.78, 5) is 15.8. The summed E-state index contributed by atoms with van der Waals surface area (Å²) in [6.45, 7) is 8.20. The van der Waals surface area contributed by atoms with Gasteiger partial charge in [0.15, 0.2) is 5.65 Å². The molecule has 2 aromatic rings. The van der Waals surface area contributed by atoms with Crippen LogP contribution >= 0.6 is 0 Å². The van der Waals surface area contributed by atoms with Crippen molar-refractivity contribution in [2.75, 3.05) is 5.32 Å². The molecular formula is C15H22N4O2. The third kappa shape index (κ3) is 2.70. The molecular weight excluding hydrogens is 268 g/mol. The standard InChI is InChI=1S/C15H22N4O2/c1-6-11(8(2)3)17-13-10(15(20)21)7-16-14-12(13)9(4)18-19(14)5/h7-8,11H,6H2,1-5H3,(H,16,17)(H,20,21). The topological polar surface area (TPSA) is 80.0 Å². The van der Waals surface area contributed by atoms with Gasteiger partial charge in [-0.25, -0.2) is 9.78 Å². The molecule has 0 fully saturated rings. The summed E-state index contributed by atoms with van der Waals surface area (Å²) < 4.78 is 1.68. The minimum atomic E-state index is -0.978. The zero-order chi connectivity index (χ0) is 15.7. The minimum absolute atomic E-state index is 0.192. The van der Waals surface area contributed by atoms with Crippen LogP contribution in [0.3, 0.4) is 0 Å². The molecule has 0 radical (unpaired) electrons. The largest absolute Gasteiger partial charge is 0.478 e. The molecule has 0 aliphatic carbocycles. The van der Waals surface area contributed by atoms with Gasteiger partial charge in [-0.3, -0.25) is 4.68 Å². The molecule has 0 amide bonds. The van der Waals surface area contributed by atoms with E-state index in [1.807, 2.05) is 14.0 Å². The van der Waals surface area contributed by atoms with E-state index in [1.165, 1.54) is 6.20 Å². The molecule has 2 aromatic heterocycles. The second kappa shape index (κ2) is 5.71. The van der Waals surface area contributed by atoms with Gasteiger partial charge in [0.2, 0.25) is 0 Å². The van der Waals surface area contributed by atoms with Crippen LogP contribution in [0.4, 0.5) is 5.69 Å². The van der Waals surface area contributed by atoms with Crippen molar-refractivity contribution in [2.24, 2.45) is 13.0 Å². The third-order valence-corrected chi connectivity index (χ3v) is 3.83. The van der Waals surface area contributed by atoms with Gasteiger partial charge in [0, 0.05) is 19.3 Å². The third-order valence-electron chi connectivity index (χ3n) is 3.83. The van der Waals surface area contributed by atoms with Crippen molar-refractivity contribution in [3.63, 3.8) is 0 Å². The first-order valence-corrected chi connectivity index (χ1v) is 7.18. The first-order chi connectivity index (χ1) is 9.86. The molecule has 2 heterocycles. The molecule has 114 valence electrons.